The third kappa shape index (κ3) is 5.68. The Kier molecular flexibility index (Phi) is 7.04. The van der Waals surface area contributed by atoms with Crippen molar-refractivity contribution in [3.8, 4) is 5.75 Å². The van der Waals surface area contributed by atoms with Gasteiger partial charge >= 0.3 is 0 Å². The molecule has 1 aliphatic heterocycles. The van der Waals surface area contributed by atoms with Gasteiger partial charge in [-0.1, -0.05) is 44.7 Å². The summed E-state index contributed by atoms with van der Waals surface area (Å²) in [5.41, 5.74) is 1.40. The molecule has 1 fully saturated rings. The minimum Gasteiger partial charge on any atom is -0.489 e. The molecule has 3 nitrogen and oxygen atoms in total. The Bertz CT molecular complexity index is 391. The molecule has 0 spiro atoms. The Labute approximate surface area is 128 Å². The van der Waals surface area contributed by atoms with E-state index in [1.807, 2.05) is 0 Å². The lowest BCUT2D eigenvalue weighted by Gasteiger charge is -2.13. The number of unbranched alkanes of at least 4 members (excludes halogenated alkanes) is 4. The van der Waals surface area contributed by atoms with Crippen molar-refractivity contribution in [2.75, 3.05) is 13.2 Å². The largest absolute Gasteiger partial charge is 0.489 e. The number of benzene rings is 1. The zero-order valence-electron chi connectivity index (χ0n) is 13.2. The quantitative estimate of drug-likeness (QED) is 0.686. The highest BCUT2D eigenvalue weighted by molar-refractivity contribution is 5.27. The maximum atomic E-state index is 9.10. The summed E-state index contributed by atoms with van der Waals surface area (Å²) in [5, 5.41) is 12.4. The first-order chi connectivity index (χ1) is 10.3. The monoisotopic (exact) mass is 291 g/mol. The molecule has 0 amide bonds. The molecule has 0 bridgehead atoms. The molecule has 0 saturated carbocycles. The summed E-state index contributed by atoms with van der Waals surface area (Å²) in [6, 6.07) is 8.71. The van der Waals surface area contributed by atoms with Crippen molar-refractivity contribution in [1.29, 1.82) is 0 Å². The van der Waals surface area contributed by atoms with Crippen molar-refractivity contribution in [2.45, 2.75) is 64.0 Å². The zero-order valence-corrected chi connectivity index (χ0v) is 13.2. The van der Waals surface area contributed by atoms with Crippen molar-refractivity contribution in [3.05, 3.63) is 29.8 Å². The fourth-order valence-electron chi connectivity index (χ4n) is 2.87. The molecule has 118 valence electrons. The molecule has 0 aromatic heterocycles. The number of aliphatic hydroxyl groups excluding tert-OH is 1. The van der Waals surface area contributed by atoms with E-state index in [1.54, 1.807) is 0 Å². The number of nitrogens with one attached hydrogen (secondary N) is 1. The number of ether oxygens (including phenoxy) is 1. The highest BCUT2D eigenvalue weighted by Gasteiger charge is 2.24. The predicted octanol–water partition coefficient (Wildman–Crippen LogP) is 3.30. The van der Waals surface area contributed by atoms with E-state index in [1.165, 1.54) is 44.1 Å². The van der Waals surface area contributed by atoms with E-state index in [4.69, 9.17) is 9.84 Å². The van der Waals surface area contributed by atoms with Gasteiger partial charge in [-0.15, -0.1) is 0 Å². The summed E-state index contributed by atoms with van der Waals surface area (Å²) in [4.78, 5) is 0. The standard InChI is InChI=1S/C18H29NO2/c1-2-3-4-5-6-7-15-8-10-17(11-9-15)21-18-12-16(14-20)19-13-18/h8-11,16,18-20H,2-7,12-14H2,1H3/t16-,18?/m0/s1. The van der Waals surface area contributed by atoms with Crippen LogP contribution in [-0.4, -0.2) is 30.4 Å². The Morgan fingerprint density at radius 3 is 2.57 bits per heavy atom. The molecule has 0 radical (unpaired) electrons. The summed E-state index contributed by atoms with van der Waals surface area (Å²) < 4.78 is 5.95. The topological polar surface area (TPSA) is 41.5 Å². The van der Waals surface area contributed by atoms with Crippen LogP contribution in [0.15, 0.2) is 24.3 Å². The van der Waals surface area contributed by atoms with Gasteiger partial charge in [-0.2, -0.15) is 0 Å². The van der Waals surface area contributed by atoms with Crippen LogP contribution < -0.4 is 10.1 Å². The average Bonchev–Trinajstić information content (AvgIpc) is 2.96. The van der Waals surface area contributed by atoms with Crippen LogP contribution in [0, 0.1) is 0 Å². The SMILES string of the molecule is CCCCCCCc1ccc(OC2CN[C@H](CO)C2)cc1. The Morgan fingerprint density at radius 1 is 1.14 bits per heavy atom. The summed E-state index contributed by atoms with van der Waals surface area (Å²) >= 11 is 0. The van der Waals surface area contributed by atoms with Crippen LogP contribution in [-0.2, 0) is 6.42 Å². The maximum Gasteiger partial charge on any atom is 0.119 e. The van der Waals surface area contributed by atoms with Gasteiger partial charge in [-0.25, -0.2) is 0 Å². The highest BCUT2D eigenvalue weighted by Crippen LogP contribution is 2.19. The number of rotatable bonds is 9. The van der Waals surface area contributed by atoms with Gasteiger partial charge in [0.15, 0.2) is 0 Å². The van der Waals surface area contributed by atoms with Crippen molar-refractivity contribution in [1.82, 2.24) is 5.32 Å². The van der Waals surface area contributed by atoms with Gasteiger partial charge in [-0.3, -0.25) is 0 Å². The van der Waals surface area contributed by atoms with Gasteiger partial charge in [0.05, 0.1) is 6.61 Å². The van der Waals surface area contributed by atoms with E-state index in [0.29, 0.717) is 0 Å². The minimum absolute atomic E-state index is 0.182. The van der Waals surface area contributed by atoms with Crippen molar-refractivity contribution in [2.24, 2.45) is 0 Å². The van der Waals surface area contributed by atoms with Crippen molar-refractivity contribution in [3.63, 3.8) is 0 Å². The van der Waals surface area contributed by atoms with Crippen LogP contribution in [0.5, 0.6) is 5.75 Å². The van der Waals surface area contributed by atoms with Crippen molar-refractivity contribution < 1.29 is 9.84 Å². The fraction of sp³-hybridized carbons (Fsp3) is 0.667. The lowest BCUT2D eigenvalue weighted by Crippen LogP contribution is -2.25. The molecule has 21 heavy (non-hydrogen) atoms. The molecule has 0 aliphatic carbocycles. The molecular weight excluding hydrogens is 262 g/mol. The smallest absolute Gasteiger partial charge is 0.119 e. The molecule has 2 N–H and O–H groups in total. The van der Waals surface area contributed by atoms with E-state index in [-0.39, 0.29) is 18.8 Å². The Morgan fingerprint density at radius 2 is 1.90 bits per heavy atom. The van der Waals surface area contributed by atoms with Crippen LogP contribution in [0.25, 0.3) is 0 Å². The van der Waals surface area contributed by atoms with E-state index in [0.717, 1.165) is 18.7 Å². The normalized spacial score (nSPS) is 21.6. The number of hydrogen-bond acceptors (Lipinski definition) is 3. The lowest BCUT2D eigenvalue weighted by atomic mass is 10.1. The maximum absolute atomic E-state index is 9.10. The van der Waals surface area contributed by atoms with Gasteiger partial charge in [0.1, 0.15) is 11.9 Å². The van der Waals surface area contributed by atoms with E-state index in [2.05, 4.69) is 36.5 Å². The third-order valence-corrected chi connectivity index (χ3v) is 4.20. The average molecular weight is 291 g/mol. The second-order valence-corrected chi connectivity index (χ2v) is 6.07. The molecule has 1 saturated heterocycles. The van der Waals surface area contributed by atoms with Gasteiger partial charge in [0.2, 0.25) is 0 Å². The summed E-state index contributed by atoms with van der Waals surface area (Å²) in [7, 11) is 0. The summed E-state index contributed by atoms with van der Waals surface area (Å²) in [6.45, 7) is 3.27. The fourth-order valence-corrected chi connectivity index (χ4v) is 2.87. The second-order valence-electron chi connectivity index (χ2n) is 6.07. The highest BCUT2D eigenvalue weighted by atomic mass is 16.5. The van der Waals surface area contributed by atoms with Crippen LogP contribution in [0.1, 0.15) is 51.0 Å². The van der Waals surface area contributed by atoms with Crippen LogP contribution >= 0.6 is 0 Å². The van der Waals surface area contributed by atoms with E-state index < -0.39 is 0 Å². The predicted molar refractivity (Wildman–Crippen MR) is 86.8 cm³/mol. The molecule has 1 aromatic rings. The summed E-state index contributed by atoms with van der Waals surface area (Å²) in [6.07, 6.45) is 8.88. The van der Waals surface area contributed by atoms with Crippen molar-refractivity contribution >= 4 is 0 Å². The number of aryl methyl sites for hydroxylation is 1. The van der Waals surface area contributed by atoms with Crippen LogP contribution in [0.4, 0.5) is 0 Å². The number of aliphatic hydroxyl groups is 1. The summed E-state index contributed by atoms with van der Waals surface area (Å²) in [5.74, 6) is 0.940. The molecule has 1 aromatic carbocycles. The first-order valence-corrected chi connectivity index (χ1v) is 8.41. The molecule has 2 rings (SSSR count). The lowest BCUT2D eigenvalue weighted by molar-refractivity contribution is 0.206. The number of hydrogen-bond donors (Lipinski definition) is 2. The molecule has 1 unspecified atom stereocenters. The Balaban J connectivity index is 1.69. The van der Waals surface area contributed by atoms with Crippen LogP contribution in [0.3, 0.4) is 0 Å². The van der Waals surface area contributed by atoms with Gasteiger partial charge in [-0.05, 0) is 30.5 Å². The van der Waals surface area contributed by atoms with Crippen LogP contribution in [0.2, 0.25) is 0 Å². The van der Waals surface area contributed by atoms with Gasteiger partial charge in [0, 0.05) is 19.0 Å². The molecular formula is C18H29NO2. The van der Waals surface area contributed by atoms with Gasteiger partial charge in [0.25, 0.3) is 0 Å². The first-order valence-electron chi connectivity index (χ1n) is 8.41. The molecule has 1 aliphatic rings. The third-order valence-electron chi connectivity index (χ3n) is 4.20. The second kappa shape index (κ2) is 9.06. The van der Waals surface area contributed by atoms with E-state index >= 15 is 0 Å². The minimum atomic E-state index is 0.182. The molecule has 3 heteroatoms. The Hall–Kier alpha value is -1.06. The molecule has 2 atom stereocenters. The van der Waals surface area contributed by atoms with E-state index in [9.17, 15) is 0 Å². The first kappa shape index (κ1) is 16.3. The van der Waals surface area contributed by atoms with Gasteiger partial charge < -0.3 is 15.2 Å². The molecule has 1 heterocycles. The zero-order chi connectivity index (χ0) is 14.9.